The quantitative estimate of drug-likeness (QED) is 0.697. The van der Waals surface area contributed by atoms with Gasteiger partial charge in [-0.3, -0.25) is 9.79 Å². The molecule has 0 bridgehead atoms. The van der Waals surface area contributed by atoms with Gasteiger partial charge in [0.25, 0.3) is 0 Å². The number of allylic oxidation sites excluding steroid dienone is 1. The molecule has 0 N–H and O–H groups in total. The van der Waals surface area contributed by atoms with Crippen molar-refractivity contribution in [3.63, 3.8) is 0 Å². The largest absolute Gasteiger partial charge is 0.497 e. The lowest BCUT2D eigenvalue weighted by Crippen LogP contribution is -2.22. The fraction of sp³-hybridized carbons (Fsp3) is 0.333. The summed E-state index contributed by atoms with van der Waals surface area (Å²) >= 11 is 0. The van der Waals surface area contributed by atoms with E-state index in [1.165, 1.54) is 16.8 Å². The summed E-state index contributed by atoms with van der Waals surface area (Å²) in [4.78, 5) is 19.3. The maximum Gasteiger partial charge on any atom is 0.137 e. The average Bonchev–Trinajstić information content (AvgIpc) is 3.37. The van der Waals surface area contributed by atoms with E-state index in [1.807, 2.05) is 30.5 Å². The first-order valence-corrected chi connectivity index (χ1v) is 9.94. The number of carbonyl (C=O) groups excluding carboxylic acids is 1. The van der Waals surface area contributed by atoms with Crippen molar-refractivity contribution < 1.29 is 9.53 Å². The second kappa shape index (κ2) is 8.42. The van der Waals surface area contributed by atoms with Crippen LogP contribution in [0, 0.1) is 0 Å². The number of Topliss-reactive ketones (excluding diaryl/α,β-unsaturated/α-hetero) is 1. The molecule has 0 saturated carbocycles. The first-order chi connectivity index (χ1) is 13.7. The number of benzene rings is 2. The molecule has 4 nitrogen and oxygen atoms in total. The highest BCUT2D eigenvalue weighted by atomic mass is 16.5. The fourth-order valence-electron chi connectivity index (χ4n) is 3.87. The predicted molar refractivity (Wildman–Crippen MR) is 114 cm³/mol. The molecule has 0 spiro atoms. The SMILES string of the molecule is COc1ccc(CCC(=O)Cc2ccc3c(c2)N(CC2=CCC=N2)CC3)cc1. The van der Waals surface area contributed by atoms with Crippen LogP contribution in [0.1, 0.15) is 29.5 Å². The van der Waals surface area contributed by atoms with Crippen molar-refractivity contribution in [2.75, 3.05) is 25.1 Å². The third-order valence-electron chi connectivity index (χ3n) is 5.46. The van der Waals surface area contributed by atoms with Gasteiger partial charge in [-0.1, -0.05) is 30.3 Å². The summed E-state index contributed by atoms with van der Waals surface area (Å²) in [5, 5.41) is 0. The molecule has 0 saturated heterocycles. The third kappa shape index (κ3) is 4.33. The molecule has 0 amide bonds. The Kier molecular flexibility index (Phi) is 5.56. The minimum atomic E-state index is 0.281. The fourth-order valence-corrected chi connectivity index (χ4v) is 3.87. The van der Waals surface area contributed by atoms with Gasteiger partial charge < -0.3 is 9.64 Å². The molecule has 0 atom stereocenters. The molecule has 144 valence electrons. The molecular formula is C24H26N2O2. The van der Waals surface area contributed by atoms with Crippen molar-refractivity contribution in [3.8, 4) is 5.75 Å². The van der Waals surface area contributed by atoms with Gasteiger partial charge in [0.2, 0.25) is 0 Å². The van der Waals surface area contributed by atoms with E-state index >= 15 is 0 Å². The highest BCUT2D eigenvalue weighted by molar-refractivity contribution is 5.81. The van der Waals surface area contributed by atoms with E-state index in [9.17, 15) is 4.79 Å². The lowest BCUT2D eigenvalue weighted by Gasteiger charge is -2.19. The van der Waals surface area contributed by atoms with Gasteiger partial charge >= 0.3 is 0 Å². The lowest BCUT2D eigenvalue weighted by atomic mass is 10.0. The van der Waals surface area contributed by atoms with Gasteiger partial charge in [0, 0.05) is 37.7 Å². The smallest absolute Gasteiger partial charge is 0.137 e. The van der Waals surface area contributed by atoms with Crippen LogP contribution in [0.25, 0.3) is 0 Å². The Balaban J connectivity index is 1.35. The third-order valence-corrected chi connectivity index (χ3v) is 5.46. The zero-order valence-electron chi connectivity index (χ0n) is 16.4. The first kappa shape index (κ1) is 18.5. The summed E-state index contributed by atoms with van der Waals surface area (Å²) in [7, 11) is 1.66. The number of aryl methyl sites for hydroxylation is 1. The van der Waals surface area contributed by atoms with Gasteiger partial charge in [0.05, 0.1) is 19.4 Å². The number of hydrogen-bond donors (Lipinski definition) is 0. The topological polar surface area (TPSA) is 41.9 Å². The van der Waals surface area contributed by atoms with Crippen LogP contribution in [0.3, 0.4) is 0 Å². The highest BCUT2D eigenvalue weighted by Gasteiger charge is 2.21. The molecule has 2 aliphatic heterocycles. The number of anilines is 1. The van der Waals surface area contributed by atoms with Gasteiger partial charge in [-0.05, 0) is 47.7 Å². The Bertz CT molecular complexity index is 913. The van der Waals surface area contributed by atoms with Crippen LogP contribution in [0.5, 0.6) is 5.75 Å². The minimum Gasteiger partial charge on any atom is -0.497 e. The van der Waals surface area contributed by atoms with Crippen molar-refractivity contribution in [2.24, 2.45) is 4.99 Å². The van der Waals surface area contributed by atoms with E-state index < -0.39 is 0 Å². The van der Waals surface area contributed by atoms with E-state index in [0.717, 1.165) is 49.4 Å². The molecule has 0 radical (unpaired) electrons. The summed E-state index contributed by atoms with van der Waals surface area (Å²) in [5.74, 6) is 1.13. The van der Waals surface area contributed by atoms with Crippen molar-refractivity contribution in [2.45, 2.75) is 32.1 Å². The van der Waals surface area contributed by atoms with Crippen LogP contribution >= 0.6 is 0 Å². The number of rotatable bonds is 8. The molecule has 0 unspecified atom stereocenters. The highest BCUT2D eigenvalue weighted by Crippen LogP contribution is 2.30. The van der Waals surface area contributed by atoms with Crippen LogP contribution in [-0.2, 0) is 24.1 Å². The van der Waals surface area contributed by atoms with Gasteiger partial charge in [-0.2, -0.15) is 0 Å². The number of carbonyl (C=O) groups is 1. The number of fused-ring (bicyclic) bond motifs is 1. The summed E-state index contributed by atoms with van der Waals surface area (Å²) in [6.45, 7) is 1.88. The Morgan fingerprint density at radius 3 is 2.71 bits per heavy atom. The van der Waals surface area contributed by atoms with E-state index in [0.29, 0.717) is 12.8 Å². The first-order valence-electron chi connectivity index (χ1n) is 9.94. The zero-order valence-corrected chi connectivity index (χ0v) is 16.4. The summed E-state index contributed by atoms with van der Waals surface area (Å²) in [6, 6.07) is 14.4. The van der Waals surface area contributed by atoms with Crippen molar-refractivity contribution in [3.05, 3.63) is 70.9 Å². The second-order valence-electron chi connectivity index (χ2n) is 7.44. The van der Waals surface area contributed by atoms with Gasteiger partial charge in [0.1, 0.15) is 11.5 Å². The molecule has 0 aromatic heterocycles. The van der Waals surface area contributed by atoms with Crippen molar-refractivity contribution in [1.82, 2.24) is 0 Å². The monoisotopic (exact) mass is 374 g/mol. The standard InChI is InChI=1S/C24H26N2O2/c1-28-23-10-6-18(7-11-23)5-9-22(27)15-19-4-8-20-12-14-26(24(20)16-19)17-21-3-2-13-25-21/h3-4,6-8,10-11,13,16H,2,5,9,12,14-15,17H2,1H3. The minimum absolute atomic E-state index is 0.281. The Labute approximate surface area is 166 Å². The van der Waals surface area contributed by atoms with E-state index in [-0.39, 0.29) is 5.78 Å². The van der Waals surface area contributed by atoms with Crippen LogP contribution in [0.2, 0.25) is 0 Å². The van der Waals surface area contributed by atoms with Crippen LogP contribution in [0.15, 0.2) is 59.2 Å². The number of hydrogen-bond acceptors (Lipinski definition) is 4. The molecule has 0 fully saturated rings. The molecule has 0 aliphatic carbocycles. The normalized spacial score (nSPS) is 14.9. The van der Waals surface area contributed by atoms with Crippen LogP contribution in [0.4, 0.5) is 5.69 Å². The molecule has 2 aliphatic rings. The van der Waals surface area contributed by atoms with E-state index in [2.05, 4.69) is 34.2 Å². The van der Waals surface area contributed by atoms with Gasteiger partial charge in [0.15, 0.2) is 0 Å². The van der Waals surface area contributed by atoms with Gasteiger partial charge in [-0.15, -0.1) is 0 Å². The van der Waals surface area contributed by atoms with Crippen LogP contribution < -0.4 is 9.64 Å². The number of aliphatic imine (C=N–C) groups is 1. The van der Waals surface area contributed by atoms with Crippen molar-refractivity contribution in [1.29, 1.82) is 0 Å². The maximum absolute atomic E-state index is 12.5. The Morgan fingerprint density at radius 2 is 1.96 bits per heavy atom. The Morgan fingerprint density at radius 1 is 1.14 bits per heavy atom. The number of ketones is 1. The lowest BCUT2D eigenvalue weighted by molar-refractivity contribution is -0.118. The van der Waals surface area contributed by atoms with Crippen LogP contribution in [-0.4, -0.2) is 32.2 Å². The molecule has 4 heteroatoms. The average molecular weight is 374 g/mol. The molecule has 2 heterocycles. The maximum atomic E-state index is 12.5. The zero-order chi connectivity index (χ0) is 19.3. The van der Waals surface area contributed by atoms with Gasteiger partial charge in [-0.25, -0.2) is 0 Å². The molecular weight excluding hydrogens is 348 g/mol. The van der Waals surface area contributed by atoms with E-state index in [4.69, 9.17) is 4.74 Å². The second-order valence-corrected chi connectivity index (χ2v) is 7.44. The number of nitrogens with zero attached hydrogens (tertiary/aromatic N) is 2. The molecule has 28 heavy (non-hydrogen) atoms. The Hall–Kier alpha value is -2.88. The predicted octanol–water partition coefficient (Wildman–Crippen LogP) is 4.16. The molecule has 4 rings (SSSR count). The summed E-state index contributed by atoms with van der Waals surface area (Å²) in [5.41, 5.74) is 6.06. The molecule has 2 aromatic carbocycles. The summed E-state index contributed by atoms with van der Waals surface area (Å²) in [6.07, 6.45) is 7.99. The van der Waals surface area contributed by atoms with E-state index in [1.54, 1.807) is 7.11 Å². The summed E-state index contributed by atoms with van der Waals surface area (Å²) < 4.78 is 5.18. The number of methoxy groups -OCH3 is 1. The molecule has 2 aromatic rings. The number of ether oxygens (including phenoxy) is 1. The van der Waals surface area contributed by atoms with Crippen molar-refractivity contribution >= 4 is 17.7 Å².